The molecule has 0 heterocycles. The molecule has 1 unspecified atom stereocenters. The van der Waals surface area contributed by atoms with Gasteiger partial charge in [-0.15, -0.1) is 0 Å². The highest BCUT2D eigenvalue weighted by Crippen LogP contribution is 2.18. The molecule has 1 amide bonds. The first-order valence-corrected chi connectivity index (χ1v) is 6.85. The van der Waals surface area contributed by atoms with E-state index in [4.69, 9.17) is 4.74 Å². The molecule has 0 aromatic rings. The molecular weight excluding hydrogens is 216 g/mol. The normalized spacial score (nSPS) is 16.8. The zero-order chi connectivity index (χ0) is 12.5. The maximum atomic E-state index is 11.6. The van der Waals surface area contributed by atoms with Crippen LogP contribution >= 0.6 is 0 Å². The Kier molecular flexibility index (Phi) is 7.21. The van der Waals surface area contributed by atoms with Gasteiger partial charge in [-0.25, -0.2) is 0 Å². The number of nitrogens with one attached hydrogen (secondary N) is 2. The van der Waals surface area contributed by atoms with Crippen molar-refractivity contribution in [1.29, 1.82) is 0 Å². The summed E-state index contributed by atoms with van der Waals surface area (Å²) in [6.07, 6.45) is 5.56. The number of ether oxygens (including phenoxy) is 1. The SMILES string of the molecule is CCCCOCCCNC(C)C(=O)NC1CC1. The minimum atomic E-state index is -0.0914. The van der Waals surface area contributed by atoms with Crippen LogP contribution in [0.1, 0.15) is 46.0 Å². The van der Waals surface area contributed by atoms with Crippen molar-refractivity contribution in [2.45, 2.75) is 58.0 Å². The number of rotatable bonds is 10. The van der Waals surface area contributed by atoms with Crippen LogP contribution in [0.25, 0.3) is 0 Å². The molecule has 1 fully saturated rings. The molecular formula is C13H26N2O2. The van der Waals surface area contributed by atoms with Crippen molar-refractivity contribution in [1.82, 2.24) is 10.6 Å². The fraction of sp³-hybridized carbons (Fsp3) is 0.923. The van der Waals surface area contributed by atoms with Gasteiger partial charge in [0.25, 0.3) is 0 Å². The summed E-state index contributed by atoms with van der Waals surface area (Å²) < 4.78 is 5.45. The van der Waals surface area contributed by atoms with Crippen molar-refractivity contribution in [3.63, 3.8) is 0 Å². The van der Waals surface area contributed by atoms with Gasteiger partial charge >= 0.3 is 0 Å². The first-order valence-electron chi connectivity index (χ1n) is 6.85. The van der Waals surface area contributed by atoms with Gasteiger partial charge in [-0.3, -0.25) is 4.79 Å². The Labute approximate surface area is 104 Å². The highest BCUT2D eigenvalue weighted by atomic mass is 16.5. The van der Waals surface area contributed by atoms with Gasteiger partial charge in [-0.05, 0) is 39.2 Å². The molecule has 0 bridgehead atoms. The van der Waals surface area contributed by atoms with Crippen LogP contribution in [0.3, 0.4) is 0 Å². The standard InChI is InChI=1S/C13H26N2O2/c1-3-4-9-17-10-5-8-14-11(2)13(16)15-12-6-7-12/h11-12,14H,3-10H2,1-2H3,(H,15,16). The Hall–Kier alpha value is -0.610. The number of carbonyl (C=O) groups is 1. The number of amides is 1. The van der Waals surface area contributed by atoms with E-state index in [-0.39, 0.29) is 11.9 Å². The summed E-state index contributed by atoms with van der Waals surface area (Å²) in [5.41, 5.74) is 0. The lowest BCUT2D eigenvalue weighted by molar-refractivity contribution is -0.122. The second-order valence-corrected chi connectivity index (χ2v) is 4.78. The Morgan fingerprint density at radius 2 is 2.06 bits per heavy atom. The molecule has 1 rings (SSSR count). The van der Waals surface area contributed by atoms with E-state index in [1.165, 1.54) is 6.42 Å². The highest BCUT2D eigenvalue weighted by Gasteiger charge is 2.25. The molecule has 1 aliphatic rings. The van der Waals surface area contributed by atoms with E-state index < -0.39 is 0 Å². The zero-order valence-electron chi connectivity index (χ0n) is 11.1. The van der Waals surface area contributed by atoms with Gasteiger partial charge in [-0.2, -0.15) is 0 Å². The van der Waals surface area contributed by atoms with Crippen LogP contribution in [0.4, 0.5) is 0 Å². The van der Waals surface area contributed by atoms with Crippen LogP contribution in [-0.4, -0.2) is 37.7 Å². The molecule has 4 nitrogen and oxygen atoms in total. The van der Waals surface area contributed by atoms with Gasteiger partial charge in [0.2, 0.25) is 5.91 Å². The van der Waals surface area contributed by atoms with Crippen molar-refractivity contribution in [2.75, 3.05) is 19.8 Å². The van der Waals surface area contributed by atoms with Crippen molar-refractivity contribution < 1.29 is 9.53 Å². The Balaban J connectivity index is 1.88. The third kappa shape index (κ3) is 7.34. The van der Waals surface area contributed by atoms with Crippen LogP contribution in [-0.2, 0) is 9.53 Å². The minimum Gasteiger partial charge on any atom is -0.381 e. The summed E-state index contributed by atoms with van der Waals surface area (Å²) in [6.45, 7) is 6.55. The fourth-order valence-electron chi connectivity index (χ4n) is 1.49. The summed E-state index contributed by atoms with van der Waals surface area (Å²) in [5, 5.41) is 6.20. The van der Waals surface area contributed by atoms with E-state index in [0.29, 0.717) is 6.04 Å². The lowest BCUT2D eigenvalue weighted by atomic mass is 10.3. The van der Waals surface area contributed by atoms with E-state index in [1.807, 2.05) is 6.92 Å². The molecule has 0 saturated heterocycles. The molecule has 0 aromatic heterocycles. The lowest BCUT2D eigenvalue weighted by Gasteiger charge is -2.13. The van der Waals surface area contributed by atoms with Gasteiger partial charge in [0, 0.05) is 19.3 Å². The predicted molar refractivity (Wildman–Crippen MR) is 69.0 cm³/mol. The molecule has 1 aliphatic carbocycles. The smallest absolute Gasteiger partial charge is 0.237 e. The second-order valence-electron chi connectivity index (χ2n) is 4.78. The van der Waals surface area contributed by atoms with Gasteiger partial charge in [0.05, 0.1) is 6.04 Å². The van der Waals surface area contributed by atoms with Gasteiger partial charge in [-0.1, -0.05) is 13.3 Å². The molecule has 0 aliphatic heterocycles. The summed E-state index contributed by atoms with van der Waals surface area (Å²) in [7, 11) is 0. The molecule has 0 spiro atoms. The monoisotopic (exact) mass is 242 g/mol. The average Bonchev–Trinajstić information content (AvgIpc) is 3.11. The molecule has 2 N–H and O–H groups in total. The second kappa shape index (κ2) is 8.48. The van der Waals surface area contributed by atoms with Crippen LogP contribution in [0.2, 0.25) is 0 Å². The third-order valence-corrected chi connectivity index (χ3v) is 2.88. The lowest BCUT2D eigenvalue weighted by Crippen LogP contribution is -2.43. The van der Waals surface area contributed by atoms with Crippen LogP contribution in [0, 0.1) is 0 Å². The zero-order valence-corrected chi connectivity index (χ0v) is 11.1. The Morgan fingerprint density at radius 3 is 2.71 bits per heavy atom. The largest absolute Gasteiger partial charge is 0.381 e. The number of carbonyl (C=O) groups excluding carboxylic acids is 1. The first kappa shape index (κ1) is 14.5. The average molecular weight is 242 g/mol. The summed E-state index contributed by atoms with van der Waals surface area (Å²) in [5.74, 6) is 0.124. The maximum absolute atomic E-state index is 11.6. The molecule has 0 radical (unpaired) electrons. The molecule has 0 aromatic carbocycles. The van der Waals surface area contributed by atoms with E-state index >= 15 is 0 Å². The number of hydrogen-bond donors (Lipinski definition) is 2. The molecule has 4 heteroatoms. The van der Waals surface area contributed by atoms with Crippen LogP contribution < -0.4 is 10.6 Å². The van der Waals surface area contributed by atoms with Gasteiger partial charge in [0.1, 0.15) is 0 Å². The van der Waals surface area contributed by atoms with Crippen molar-refractivity contribution in [3.8, 4) is 0 Å². The van der Waals surface area contributed by atoms with Crippen molar-refractivity contribution >= 4 is 5.91 Å². The molecule has 100 valence electrons. The van der Waals surface area contributed by atoms with E-state index in [0.717, 1.165) is 45.4 Å². The predicted octanol–water partition coefficient (Wildman–Crippen LogP) is 1.45. The topological polar surface area (TPSA) is 50.4 Å². The van der Waals surface area contributed by atoms with Crippen LogP contribution in [0.15, 0.2) is 0 Å². The highest BCUT2D eigenvalue weighted by molar-refractivity contribution is 5.81. The fourth-order valence-corrected chi connectivity index (χ4v) is 1.49. The summed E-state index contributed by atoms with van der Waals surface area (Å²) in [4.78, 5) is 11.6. The maximum Gasteiger partial charge on any atom is 0.237 e. The first-order chi connectivity index (χ1) is 8.24. The van der Waals surface area contributed by atoms with E-state index in [2.05, 4.69) is 17.6 Å². The summed E-state index contributed by atoms with van der Waals surface area (Å²) in [6, 6.07) is 0.357. The molecule has 1 saturated carbocycles. The van der Waals surface area contributed by atoms with Gasteiger partial charge in [0.15, 0.2) is 0 Å². The number of hydrogen-bond acceptors (Lipinski definition) is 3. The molecule has 1 atom stereocenters. The van der Waals surface area contributed by atoms with Crippen LogP contribution in [0.5, 0.6) is 0 Å². The molecule has 17 heavy (non-hydrogen) atoms. The van der Waals surface area contributed by atoms with E-state index in [1.54, 1.807) is 0 Å². The van der Waals surface area contributed by atoms with Crippen molar-refractivity contribution in [2.24, 2.45) is 0 Å². The summed E-state index contributed by atoms with van der Waals surface area (Å²) >= 11 is 0. The van der Waals surface area contributed by atoms with E-state index in [9.17, 15) is 4.79 Å². The Morgan fingerprint density at radius 1 is 1.35 bits per heavy atom. The van der Waals surface area contributed by atoms with Crippen molar-refractivity contribution in [3.05, 3.63) is 0 Å². The third-order valence-electron chi connectivity index (χ3n) is 2.88. The minimum absolute atomic E-state index is 0.0914. The Bertz CT molecular complexity index is 217. The van der Waals surface area contributed by atoms with Gasteiger partial charge < -0.3 is 15.4 Å². The quantitative estimate of drug-likeness (QED) is 0.570. The number of unbranched alkanes of at least 4 members (excludes halogenated alkanes) is 1.